The molecule has 0 saturated carbocycles. The van der Waals surface area contributed by atoms with E-state index in [1.54, 1.807) is 32.4 Å². The molecular weight excluding hydrogens is 288 g/mol. The van der Waals surface area contributed by atoms with Gasteiger partial charge >= 0.3 is 5.97 Å². The minimum absolute atomic E-state index is 0.340. The minimum atomic E-state index is -0.431. The van der Waals surface area contributed by atoms with Crippen LogP contribution in [0.15, 0.2) is 22.7 Å². The Hall–Kier alpha value is -1.49. The molecule has 0 heterocycles. The van der Waals surface area contributed by atoms with Crippen LogP contribution in [-0.4, -0.2) is 27.3 Å². The van der Waals surface area contributed by atoms with E-state index < -0.39 is 5.97 Å². The lowest BCUT2D eigenvalue weighted by Crippen LogP contribution is -1.99. The maximum Gasteiger partial charge on any atom is 0.344 e. The van der Waals surface area contributed by atoms with E-state index in [1.807, 2.05) is 6.07 Å². The molecule has 0 amide bonds. The third-order valence-corrected chi connectivity index (χ3v) is 2.63. The lowest BCUT2D eigenvalue weighted by atomic mass is 10.2. The van der Waals surface area contributed by atoms with Crippen LogP contribution in [-0.2, 0) is 9.53 Å². The quantitative estimate of drug-likeness (QED) is 0.633. The molecule has 0 spiro atoms. The Balaban J connectivity index is 3.04. The zero-order chi connectivity index (χ0) is 12.8. The van der Waals surface area contributed by atoms with Crippen molar-refractivity contribution >= 4 is 28.0 Å². The number of ether oxygens (including phenoxy) is 3. The SMILES string of the molecule is COC(=O)C(Br)=Cc1ccc(OC)c(OC)c1. The lowest BCUT2D eigenvalue weighted by molar-refractivity contribution is -0.135. The van der Waals surface area contributed by atoms with Crippen molar-refractivity contribution in [3.63, 3.8) is 0 Å². The highest BCUT2D eigenvalue weighted by molar-refractivity contribution is 9.12. The van der Waals surface area contributed by atoms with Gasteiger partial charge in [-0.15, -0.1) is 0 Å². The fourth-order valence-corrected chi connectivity index (χ4v) is 1.67. The van der Waals surface area contributed by atoms with Crippen molar-refractivity contribution < 1.29 is 19.0 Å². The van der Waals surface area contributed by atoms with Gasteiger partial charge in [-0.25, -0.2) is 4.79 Å². The summed E-state index contributed by atoms with van der Waals surface area (Å²) in [5, 5.41) is 0. The largest absolute Gasteiger partial charge is 0.493 e. The first-order valence-electron chi connectivity index (χ1n) is 4.80. The van der Waals surface area contributed by atoms with Crippen molar-refractivity contribution in [2.45, 2.75) is 0 Å². The van der Waals surface area contributed by atoms with E-state index in [1.165, 1.54) is 7.11 Å². The van der Waals surface area contributed by atoms with Crippen LogP contribution in [0.1, 0.15) is 5.56 Å². The molecule has 1 rings (SSSR count). The van der Waals surface area contributed by atoms with Crippen LogP contribution in [0.25, 0.3) is 6.08 Å². The summed E-state index contributed by atoms with van der Waals surface area (Å²) in [5.41, 5.74) is 0.805. The number of benzene rings is 1. The highest BCUT2D eigenvalue weighted by Crippen LogP contribution is 2.28. The number of carbonyl (C=O) groups is 1. The second-order valence-electron chi connectivity index (χ2n) is 3.10. The van der Waals surface area contributed by atoms with Crippen molar-refractivity contribution in [1.29, 1.82) is 0 Å². The van der Waals surface area contributed by atoms with Gasteiger partial charge in [0, 0.05) is 0 Å². The van der Waals surface area contributed by atoms with Gasteiger partial charge in [-0.1, -0.05) is 6.07 Å². The highest BCUT2D eigenvalue weighted by Gasteiger charge is 2.07. The first kappa shape index (κ1) is 13.6. The number of halogens is 1. The van der Waals surface area contributed by atoms with Gasteiger partial charge < -0.3 is 14.2 Å². The molecule has 0 N–H and O–H groups in total. The van der Waals surface area contributed by atoms with Crippen LogP contribution >= 0.6 is 15.9 Å². The van der Waals surface area contributed by atoms with Gasteiger partial charge in [0.2, 0.25) is 0 Å². The molecule has 0 fully saturated rings. The number of rotatable bonds is 4. The number of esters is 1. The van der Waals surface area contributed by atoms with E-state index in [-0.39, 0.29) is 0 Å². The Bertz CT molecular complexity index is 440. The van der Waals surface area contributed by atoms with Crippen molar-refractivity contribution in [2.24, 2.45) is 0 Å². The maximum absolute atomic E-state index is 11.2. The normalized spacial score (nSPS) is 10.9. The average Bonchev–Trinajstić information content (AvgIpc) is 2.37. The molecule has 4 nitrogen and oxygen atoms in total. The van der Waals surface area contributed by atoms with Crippen molar-refractivity contribution in [2.75, 3.05) is 21.3 Å². The number of hydrogen-bond acceptors (Lipinski definition) is 4. The summed E-state index contributed by atoms with van der Waals surface area (Å²) in [6.07, 6.45) is 1.65. The smallest absolute Gasteiger partial charge is 0.344 e. The van der Waals surface area contributed by atoms with E-state index in [4.69, 9.17) is 9.47 Å². The molecule has 1 aromatic carbocycles. The van der Waals surface area contributed by atoms with Crippen molar-refractivity contribution in [1.82, 2.24) is 0 Å². The van der Waals surface area contributed by atoms with Crippen LogP contribution in [0, 0.1) is 0 Å². The fourth-order valence-electron chi connectivity index (χ4n) is 1.25. The minimum Gasteiger partial charge on any atom is -0.493 e. The van der Waals surface area contributed by atoms with Crippen LogP contribution in [0.4, 0.5) is 0 Å². The number of methoxy groups -OCH3 is 3. The molecule has 0 aliphatic heterocycles. The molecule has 17 heavy (non-hydrogen) atoms. The van der Waals surface area contributed by atoms with E-state index >= 15 is 0 Å². The third-order valence-electron chi connectivity index (χ3n) is 2.08. The Morgan fingerprint density at radius 1 is 1.18 bits per heavy atom. The standard InChI is InChI=1S/C12H13BrO4/c1-15-10-5-4-8(7-11(10)16-2)6-9(13)12(14)17-3/h4-7H,1-3H3. The summed E-state index contributed by atoms with van der Waals surface area (Å²) in [6, 6.07) is 5.34. The van der Waals surface area contributed by atoms with E-state index in [0.29, 0.717) is 16.0 Å². The van der Waals surface area contributed by atoms with Gasteiger partial charge in [0.25, 0.3) is 0 Å². The van der Waals surface area contributed by atoms with Gasteiger partial charge in [-0.3, -0.25) is 0 Å². The lowest BCUT2D eigenvalue weighted by Gasteiger charge is -2.07. The third kappa shape index (κ3) is 3.49. The molecule has 0 aromatic heterocycles. The second kappa shape index (κ2) is 6.30. The topological polar surface area (TPSA) is 44.8 Å². The zero-order valence-electron chi connectivity index (χ0n) is 9.82. The van der Waals surface area contributed by atoms with Crippen molar-refractivity contribution in [3.05, 3.63) is 28.2 Å². The molecule has 0 atom stereocenters. The number of hydrogen-bond donors (Lipinski definition) is 0. The molecule has 0 saturated heterocycles. The van der Waals surface area contributed by atoms with E-state index in [0.717, 1.165) is 5.56 Å². The molecule has 5 heteroatoms. The summed E-state index contributed by atoms with van der Waals surface area (Å²) in [4.78, 5) is 11.2. The van der Waals surface area contributed by atoms with Gasteiger partial charge in [0.15, 0.2) is 11.5 Å². The van der Waals surface area contributed by atoms with E-state index in [9.17, 15) is 4.79 Å². The predicted molar refractivity (Wildman–Crippen MR) is 68.5 cm³/mol. The van der Waals surface area contributed by atoms with Gasteiger partial charge in [-0.2, -0.15) is 0 Å². The Morgan fingerprint density at radius 2 is 1.82 bits per heavy atom. The number of carbonyl (C=O) groups excluding carboxylic acids is 1. The first-order chi connectivity index (χ1) is 8.12. The maximum atomic E-state index is 11.2. The van der Waals surface area contributed by atoms with Gasteiger partial charge in [0.05, 0.1) is 21.3 Å². The fraction of sp³-hybridized carbons (Fsp3) is 0.250. The van der Waals surface area contributed by atoms with Crippen molar-refractivity contribution in [3.8, 4) is 11.5 Å². The summed E-state index contributed by atoms with van der Waals surface area (Å²) < 4.78 is 15.2. The molecule has 0 aliphatic carbocycles. The van der Waals surface area contributed by atoms with Crippen LogP contribution in [0.2, 0.25) is 0 Å². The molecule has 1 aromatic rings. The molecular formula is C12H13BrO4. The molecule has 0 unspecified atom stereocenters. The summed E-state index contributed by atoms with van der Waals surface area (Å²) in [7, 11) is 4.45. The first-order valence-corrected chi connectivity index (χ1v) is 5.59. The predicted octanol–water partition coefficient (Wildman–Crippen LogP) is 2.61. The van der Waals surface area contributed by atoms with Crippen LogP contribution < -0.4 is 9.47 Å². The Labute approximate surface area is 108 Å². The molecule has 92 valence electrons. The van der Waals surface area contributed by atoms with Crippen LogP contribution in [0.5, 0.6) is 11.5 Å². The molecule has 0 bridgehead atoms. The Morgan fingerprint density at radius 3 is 2.35 bits per heavy atom. The Kier molecular flexibility index (Phi) is 5.03. The van der Waals surface area contributed by atoms with Gasteiger partial charge in [-0.05, 0) is 39.7 Å². The second-order valence-corrected chi connectivity index (χ2v) is 3.95. The van der Waals surface area contributed by atoms with Gasteiger partial charge in [0.1, 0.15) is 4.48 Å². The van der Waals surface area contributed by atoms with E-state index in [2.05, 4.69) is 20.7 Å². The zero-order valence-corrected chi connectivity index (χ0v) is 11.4. The van der Waals surface area contributed by atoms with Crippen LogP contribution in [0.3, 0.4) is 0 Å². The summed E-state index contributed by atoms with van der Waals surface area (Å²) >= 11 is 3.14. The molecule has 0 radical (unpaired) electrons. The monoisotopic (exact) mass is 300 g/mol. The highest BCUT2D eigenvalue weighted by atomic mass is 79.9. The summed E-state index contributed by atoms with van der Waals surface area (Å²) in [5.74, 6) is 0.810. The molecule has 0 aliphatic rings. The average molecular weight is 301 g/mol. The summed E-state index contributed by atoms with van der Waals surface area (Å²) in [6.45, 7) is 0.